The third-order valence-electron chi connectivity index (χ3n) is 3.45. The van der Waals surface area contributed by atoms with Crippen LogP contribution in [0.25, 0.3) is 0 Å². The highest BCUT2D eigenvalue weighted by molar-refractivity contribution is 6.04. The summed E-state index contributed by atoms with van der Waals surface area (Å²) < 4.78 is 0. The fourth-order valence-electron chi connectivity index (χ4n) is 1.99. The minimum Gasteiger partial charge on any atom is -0.352 e. The number of nitrogens with two attached hydrogens (primary N) is 1. The number of carbonyl (C=O) groups is 2. The molecular formula is C17H19N3O2. The lowest BCUT2D eigenvalue weighted by atomic mass is 10.1. The first-order chi connectivity index (χ1) is 10.5. The summed E-state index contributed by atoms with van der Waals surface area (Å²) in [5.74, 6) is -0.169. The molecule has 0 aromatic heterocycles. The van der Waals surface area contributed by atoms with E-state index in [1.165, 1.54) is 5.56 Å². The van der Waals surface area contributed by atoms with Crippen molar-refractivity contribution in [3.8, 4) is 0 Å². The van der Waals surface area contributed by atoms with Gasteiger partial charge in [-0.25, -0.2) is 4.79 Å². The number of primary amides is 1. The molecule has 2 aromatic rings. The highest BCUT2D eigenvalue weighted by Gasteiger charge is 2.07. The molecule has 0 bridgehead atoms. The first-order valence-electron chi connectivity index (χ1n) is 6.96. The molecule has 22 heavy (non-hydrogen) atoms. The molecule has 0 radical (unpaired) electrons. The van der Waals surface area contributed by atoms with Crippen molar-refractivity contribution in [2.75, 3.05) is 5.32 Å². The summed E-state index contributed by atoms with van der Waals surface area (Å²) in [5.41, 5.74) is 9.53. The van der Waals surface area contributed by atoms with Crippen molar-refractivity contribution in [3.05, 3.63) is 64.7 Å². The van der Waals surface area contributed by atoms with Crippen LogP contribution in [0.2, 0.25) is 0 Å². The standard InChI is InChI=1S/C17H19N3O2/c1-11-3-8-15(9-12(11)2)20-16(21)14-6-4-13(5-7-14)10-19-17(18)22/h3-9H,10H2,1-2H3,(H,20,21)(H3,18,19,22). The van der Waals surface area contributed by atoms with Crippen molar-refractivity contribution in [2.45, 2.75) is 20.4 Å². The van der Waals surface area contributed by atoms with Gasteiger partial charge in [0.05, 0.1) is 0 Å². The predicted molar refractivity (Wildman–Crippen MR) is 86.7 cm³/mol. The van der Waals surface area contributed by atoms with Crippen LogP contribution in [0.3, 0.4) is 0 Å². The van der Waals surface area contributed by atoms with Gasteiger partial charge in [0.1, 0.15) is 0 Å². The fraction of sp³-hybridized carbons (Fsp3) is 0.176. The number of rotatable bonds is 4. The predicted octanol–water partition coefficient (Wildman–Crippen LogP) is 2.72. The molecule has 2 aromatic carbocycles. The van der Waals surface area contributed by atoms with Crippen LogP contribution in [-0.2, 0) is 6.54 Å². The van der Waals surface area contributed by atoms with Gasteiger partial charge in [0.15, 0.2) is 0 Å². The molecule has 5 nitrogen and oxygen atoms in total. The molecule has 0 unspecified atom stereocenters. The van der Waals surface area contributed by atoms with E-state index in [4.69, 9.17) is 5.73 Å². The van der Waals surface area contributed by atoms with Crippen LogP contribution in [0, 0.1) is 13.8 Å². The topological polar surface area (TPSA) is 84.2 Å². The lowest BCUT2D eigenvalue weighted by Crippen LogP contribution is -2.28. The number of urea groups is 1. The summed E-state index contributed by atoms with van der Waals surface area (Å²) in [5, 5.41) is 5.37. The molecule has 0 saturated heterocycles. The number of nitrogens with one attached hydrogen (secondary N) is 2. The van der Waals surface area contributed by atoms with E-state index in [0.29, 0.717) is 12.1 Å². The normalized spacial score (nSPS) is 10.1. The molecule has 2 rings (SSSR count). The number of hydrogen-bond acceptors (Lipinski definition) is 2. The molecule has 3 amide bonds. The molecular weight excluding hydrogens is 278 g/mol. The van der Waals surface area contributed by atoms with Gasteiger partial charge < -0.3 is 16.4 Å². The molecule has 5 heteroatoms. The van der Waals surface area contributed by atoms with Gasteiger partial charge in [0.25, 0.3) is 5.91 Å². The summed E-state index contributed by atoms with van der Waals surface area (Å²) in [4.78, 5) is 22.8. The van der Waals surface area contributed by atoms with E-state index in [1.54, 1.807) is 24.3 Å². The van der Waals surface area contributed by atoms with Crippen LogP contribution in [-0.4, -0.2) is 11.9 Å². The Labute approximate surface area is 129 Å². The number of anilines is 1. The van der Waals surface area contributed by atoms with Crippen molar-refractivity contribution in [2.24, 2.45) is 5.73 Å². The third kappa shape index (κ3) is 4.09. The largest absolute Gasteiger partial charge is 0.352 e. The molecule has 0 fully saturated rings. The van der Waals surface area contributed by atoms with Crippen molar-refractivity contribution in [3.63, 3.8) is 0 Å². The monoisotopic (exact) mass is 297 g/mol. The van der Waals surface area contributed by atoms with Gasteiger partial charge in [0.2, 0.25) is 0 Å². The van der Waals surface area contributed by atoms with Crippen molar-refractivity contribution >= 4 is 17.6 Å². The Hall–Kier alpha value is -2.82. The van der Waals surface area contributed by atoms with Crippen LogP contribution >= 0.6 is 0 Å². The molecule has 0 aliphatic rings. The second-order valence-corrected chi connectivity index (χ2v) is 5.17. The second kappa shape index (κ2) is 6.76. The molecule has 0 atom stereocenters. The Morgan fingerprint density at radius 2 is 1.68 bits per heavy atom. The van der Waals surface area contributed by atoms with Gasteiger partial charge in [0, 0.05) is 17.8 Å². The van der Waals surface area contributed by atoms with Crippen LogP contribution in [0.1, 0.15) is 27.0 Å². The lowest BCUT2D eigenvalue weighted by Gasteiger charge is -2.08. The minimum atomic E-state index is -0.573. The number of amides is 3. The summed E-state index contributed by atoms with van der Waals surface area (Å²) in [6, 6.07) is 12.2. The molecule has 0 spiro atoms. The summed E-state index contributed by atoms with van der Waals surface area (Å²) in [6.07, 6.45) is 0. The third-order valence-corrected chi connectivity index (χ3v) is 3.45. The first kappa shape index (κ1) is 15.6. The van der Waals surface area contributed by atoms with E-state index in [0.717, 1.165) is 16.8 Å². The average Bonchev–Trinajstić information content (AvgIpc) is 2.49. The summed E-state index contributed by atoms with van der Waals surface area (Å²) in [7, 11) is 0. The van der Waals surface area contributed by atoms with Crippen molar-refractivity contribution in [1.29, 1.82) is 0 Å². The van der Waals surface area contributed by atoms with Gasteiger partial charge in [-0.15, -0.1) is 0 Å². The van der Waals surface area contributed by atoms with Gasteiger partial charge >= 0.3 is 6.03 Å². The summed E-state index contributed by atoms with van der Waals surface area (Å²) in [6.45, 7) is 4.37. The smallest absolute Gasteiger partial charge is 0.312 e. The van der Waals surface area contributed by atoms with E-state index in [9.17, 15) is 9.59 Å². The molecule has 0 saturated carbocycles. The first-order valence-corrected chi connectivity index (χ1v) is 6.96. The Kier molecular flexibility index (Phi) is 4.78. The molecule has 0 aliphatic carbocycles. The van der Waals surface area contributed by atoms with Gasteiger partial charge in [-0.3, -0.25) is 4.79 Å². The Bertz CT molecular complexity index is 694. The minimum absolute atomic E-state index is 0.169. The van der Waals surface area contributed by atoms with Crippen LogP contribution < -0.4 is 16.4 Å². The quantitative estimate of drug-likeness (QED) is 0.810. The zero-order chi connectivity index (χ0) is 16.1. The van der Waals surface area contributed by atoms with E-state index in [1.807, 2.05) is 32.0 Å². The van der Waals surface area contributed by atoms with E-state index in [-0.39, 0.29) is 5.91 Å². The lowest BCUT2D eigenvalue weighted by molar-refractivity contribution is 0.102. The molecule has 0 heterocycles. The molecule has 4 N–H and O–H groups in total. The average molecular weight is 297 g/mol. The number of benzene rings is 2. The maximum atomic E-state index is 12.2. The Morgan fingerprint density at radius 1 is 1.00 bits per heavy atom. The van der Waals surface area contributed by atoms with Gasteiger partial charge in [-0.05, 0) is 54.8 Å². The second-order valence-electron chi connectivity index (χ2n) is 5.17. The number of hydrogen-bond donors (Lipinski definition) is 3. The number of aryl methyl sites for hydroxylation is 2. The van der Waals surface area contributed by atoms with Crippen LogP contribution in [0.4, 0.5) is 10.5 Å². The van der Waals surface area contributed by atoms with Crippen LogP contribution in [0.15, 0.2) is 42.5 Å². The fourth-order valence-corrected chi connectivity index (χ4v) is 1.99. The van der Waals surface area contributed by atoms with E-state index < -0.39 is 6.03 Å². The van der Waals surface area contributed by atoms with E-state index in [2.05, 4.69) is 10.6 Å². The Balaban J connectivity index is 2.03. The zero-order valence-electron chi connectivity index (χ0n) is 12.6. The zero-order valence-corrected chi connectivity index (χ0v) is 12.6. The highest BCUT2D eigenvalue weighted by atomic mass is 16.2. The van der Waals surface area contributed by atoms with Crippen LogP contribution in [0.5, 0.6) is 0 Å². The van der Waals surface area contributed by atoms with Gasteiger partial charge in [-0.2, -0.15) is 0 Å². The highest BCUT2D eigenvalue weighted by Crippen LogP contribution is 2.15. The summed E-state index contributed by atoms with van der Waals surface area (Å²) >= 11 is 0. The van der Waals surface area contributed by atoms with Gasteiger partial charge in [-0.1, -0.05) is 18.2 Å². The maximum Gasteiger partial charge on any atom is 0.312 e. The van der Waals surface area contributed by atoms with Crippen molar-refractivity contribution in [1.82, 2.24) is 5.32 Å². The SMILES string of the molecule is Cc1ccc(NC(=O)c2ccc(CNC(N)=O)cc2)cc1C. The Morgan fingerprint density at radius 3 is 2.27 bits per heavy atom. The van der Waals surface area contributed by atoms with E-state index >= 15 is 0 Å². The maximum absolute atomic E-state index is 12.2. The number of carbonyl (C=O) groups excluding carboxylic acids is 2. The molecule has 0 aliphatic heterocycles. The van der Waals surface area contributed by atoms with Crippen molar-refractivity contribution < 1.29 is 9.59 Å². The molecule has 114 valence electrons.